The zero-order valence-electron chi connectivity index (χ0n) is 18.3. The van der Waals surface area contributed by atoms with E-state index in [4.69, 9.17) is 0 Å². The van der Waals surface area contributed by atoms with Gasteiger partial charge in [0.05, 0.1) is 25.5 Å². The topological polar surface area (TPSA) is 75.8 Å². The molecule has 0 fully saturated rings. The molecule has 0 bridgehead atoms. The quantitative estimate of drug-likeness (QED) is 0.428. The summed E-state index contributed by atoms with van der Waals surface area (Å²) in [6.45, 7) is 0.920. The van der Waals surface area contributed by atoms with Crippen molar-refractivity contribution in [3.8, 4) is 28.0 Å². The van der Waals surface area contributed by atoms with Gasteiger partial charge in [-0.3, -0.25) is 14.7 Å². The number of aromatic nitrogens is 3. The summed E-state index contributed by atoms with van der Waals surface area (Å²) in [6, 6.07) is 14.9. The van der Waals surface area contributed by atoms with Crippen molar-refractivity contribution in [1.29, 1.82) is 0 Å². The molecule has 1 N–H and O–H groups in total. The molecule has 1 aliphatic rings. The first-order valence-corrected chi connectivity index (χ1v) is 10.8. The average molecular weight is 479 g/mol. The maximum atomic E-state index is 12.4. The van der Waals surface area contributed by atoms with E-state index in [-0.39, 0.29) is 5.75 Å². The molecule has 0 amide bonds. The number of hydrogen-bond donors (Lipinski definition) is 1. The van der Waals surface area contributed by atoms with Gasteiger partial charge in [-0.1, -0.05) is 30.3 Å². The number of rotatable bonds is 6. The van der Waals surface area contributed by atoms with Crippen LogP contribution in [0, 0.1) is 0 Å². The number of ether oxygens (including phenoxy) is 1. The monoisotopic (exact) mass is 479 g/mol. The SMILES string of the molecule is OC1c2cc(-c3ccc(OC(F)(F)F)cc3)ccc2C=NN1CCn1cc(-c2cccnc2)cn1. The zero-order valence-corrected chi connectivity index (χ0v) is 18.3. The van der Waals surface area contributed by atoms with Crippen LogP contribution >= 0.6 is 0 Å². The van der Waals surface area contributed by atoms with Crippen molar-refractivity contribution in [3.05, 3.63) is 90.5 Å². The zero-order chi connectivity index (χ0) is 24.4. The molecule has 2 aromatic heterocycles. The lowest BCUT2D eigenvalue weighted by Crippen LogP contribution is -2.30. The third-order valence-electron chi connectivity index (χ3n) is 5.60. The highest BCUT2D eigenvalue weighted by Crippen LogP contribution is 2.32. The summed E-state index contributed by atoms with van der Waals surface area (Å²) < 4.78 is 42.9. The van der Waals surface area contributed by atoms with Crippen LogP contribution in [0.3, 0.4) is 0 Å². The van der Waals surface area contributed by atoms with Crippen molar-refractivity contribution < 1.29 is 23.0 Å². The number of alkyl halides is 3. The van der Waals surface area contributed by atoms with Gasteiger partial charge in [-0.15, -0.1) is 13.2 Å². The van der Waals surface area contributed by atoms with Crippen LogP contribution in [0.15, 0.2) is 84.5 Å². The Kier molecular flexibility index (Phi) is 5.96. The molecule has 4 aromatic rings. The number of benzene rings is 2. The molecule has 10 heteroatoms. The van der Waals surface area contributed by atoms with Crippen LogP contribution in [-0.4, -0.2) is 44.0 Å². The van der Waals surface area contributed by atoms with Crippen molar-refractivity contribution in [2.45, 2.75) is 19.1 Å². The fraction of sp³-hybridized carbons (Fsp3) is 0.160. The highest BCUT2D eigenvalue weighted by molar-refractivity contribution is 5.84. The lowest BCUT2D eigenvalue weighted by molar-refractivity contribution is -0.274. The molecule has 0 saturated carbocycles. The second kappa shape index (κ2) is 9.22. The van der Waals surface area contributed by atoms with Gasteiger partial charge in [-0.2, -0.15) is 10.2 Å². The average Bonchev–Trinajstić information content (AvgIpc) is 3.33. The van der Waals surface area contributed by atoms with Crippen molar-refractivity contribution in [2.75, 3.05) is 6.54 Å². The van der Waals surface area contributed by atoms with Crippen LogP contribution in [0.4, 0.5) is 13.2 Å². The van der Waals surface area contributed by atoms with Gasteiger partial charge in [0.1, 0.15) is 5.75 Å². The summed E-state index contributed by atoms with van der Waals surface area (Å²) in [7, 11) is 0. The van der Waals surface area contributed by atoms with Crippen LogP contribution in [-0.2, 0) is 6.54 Å². The largest absolute Gasteiger partial charge is 0.573 e. The molecular formula is C25H20F3N5O2. The summed E-state index contributed by atoms with van der Waals surface area (Å²) >= 11 is 0. The van der Waals surface area contributed by atoms with Crippen molar-refractivity contribution in [1.82, 2.24) is 19.8 Å². The maximum Gasteiger partial charge on any atom is 0.573 e. The van der Waals surface area contributed by atoms with E-state index in [0.29, 0.717) is 24.2 Å². The van der Waals surface area contributed by atoms with E-state index in [0.717, 1.165) is 22.3 Å². The van der Waals surface area contributed by atoms with Gasteiger partial charge in [-0.05, 0) is 35.4 Å². The van der Waals surface area contributed by atoms with E-state index < -0.39 is 12.6 Å². The molecule has 0 aliphatic carbocycles. The number of fused-ring (bicyclic) bond motifs is 1. The second-order valence-corrected chi connectivity index (χ2v) is 7.93. The smallest absolute Gasteiger partial charge is 0.406 e. The number of halogens is 3. The molecule has 35 heavy (non-hydrogen) atoms. The van der Waals surface area contributed by atoms with Crippen LogP contribution in [0.5, 0.6) is 5.75 Å². The summed E-state index contributed by atoms with van der Waals surface area (Å²) in [4.78, 5) is 4.12. The Bertz CT molecular complexity index is 1340. The fourth-order valence-corrected chi connectivity index (χ4v) is 3.86. The summed E-state index contributed by atoms with van der Waals surface area (Å²) in [5.74, 6) is -0.289. The second-order valence-electron chi connectivity index (χ2n) is 7.93. The number of pyridine rings is 1. The number of aliphatic hydroxyl groups excluding tert-OH is 1. The Morgan fingerprint density at radius 3 is 2.46 bits per heavy atom. The minimum Gasteiger partial charge on any atom is -0.406 e. The highest BCUT2D eigenvalue weighted by Gasteiger charge is 2.31. The van der Waals surface area contributed by atoms with Gasteiger partial charge >= 0.3 is 6.36 Å². The Morgan fingerprint density at radius 1 is 0.914 bits per heavy atom. The molecule has 0 spiro atoms. The number of hydrogen-bond acceptors (Lipinski definition) is 6. The molecule has 0 radical (unpaired) electrons. The Labute approximate surface area is 198 Å². The lowest BCUT2D eigenvalue weighted by atomic mass is 9.97. The molecule has 178 valence electrons. The highest BCUT2D eigenvalue weighted by atomic mass is 19.4. The maximum absolute atomic E-state index is 12.4. The predicted molar refractivity (Wildman–Crippen MR) is 123 cm³/mol. The van der Waals surface area contributed by atoms with Gasteiger partial charge < -0.3 is 9.84 Å². The Morgan fingerprint density at radius 2 is 1.71 bits per heavy atom. The van der Waals surface area contributed by atoms with E-state index in [2.05, 4.69) is 19.9 Å². The minimum atomic E-state index is -4.74. The fourth-order valence-electron chi connectivity index (χ4n) is 3.86. The first-order valence-electron chi connectivity index (χ1n) is 10.8. The summed E-state index contributed by atoms with van der Waals surface area (Å²) in [5, 5.41) is 21.3. The number of hydrazone groups is 1. The Balaban J connectivity index is 1.28. The summed E-state index contributed by atoms with van der Waals surface area (Å²) in [6.07, 6.45) is 3.12. The van der Waals surface area contributed by atoms with Crippen molar-refractivity contribution in [2.24, 2.45) is 5.10 Å². The standard InChI is InChI=1S/C25H20F3N5O2/c26-25(27,28)35-22-7-5-17(6-8-22)18-3-4-20-14-31-33(24(34)23(20)12-18)11-10-32-16-21(15-30-32)19-2-1-9-29-13-19/h1-9,12-16,24,34H,10-11H2. The number of aliphatic hydroxyl groups is 1. The lowest BCUT2D eigenvalue weighted by Gasteiger charge is -2.30. The van der Waals surface area contributed by atoms with E-state index in [9.17, 15) is 18.3 Å². The van der Waals surface area contributed by atoms with Crippen molar-refractivity contribution in [3.63, 3.8) is 0 Å². The molecule has 1 atom stereocenters. The van der Waals surface area contributed by atoms with E-state index in [1.165, 1.54) is 12.1 Å². The van der Waals surface area contributed by atoms with Crippen LogP contribution in [0.2, 0.25) is 0 Å². The van der Waals surface area contributed by atoms with Crippen molar-refractivity contribution >= 4 is 6.21 Å². The molecule has 1 aliphatic heterocycles. The van der Waals surface area contributed by atoms with E-state index >= 15 is 0 Å². The van der Waals surface area contributed by atoms with Gasteiger partial charge in [-0.25, -0.2) is 0 Å². The third kappa shape index (κ3) is 5.17. The molecule has 0 saturated heterocycles. The van der Waals surface area contributed by atoms with Crippen LogP contribution in [0.25, 0.3) is 22.3 Å². The minimum absolute atomic E-state index is 0.289. The van der Waals surface area contributed by atoms with E-state index in [1.807, 2.05) is 36.5 Å². The molecule has 7 nitrogen and oxygen atoms in total. The summed E-state index contributed by atoms with van der Waals surface area (Å²) in [5.41, 5.74) is 4.79. The van der Waals surface area contributed by atoms with Gasteiger partial charge in [0.15, 0.2) is 6.23 Å². The van der Waals surface area contributed by atoms with Gasteiger partial charge in [0, 0.05) is 40.8 Å². The third-order valence-corrected chi connectivity index (χ3v) is 5.60. The van der Waals surface area contributed by atoms with E-state index in [1.54, 1.807) is 46.6 Å². The molecule has 5 rings (SSSR count). The van der Waals surface area contributed by atoms with Gasteiger partial charge in [0.25, 0.3) is 0 Å². The first-order chi connectivity index (χ1) is 16.9. The molecule has 1 unspecified atom stereocenters. The van der Waals surface area contributed by atoms with Crippen LogP contribution in [0.1, 0.15) is 17.4 Å². The molecular weight excluding hydrogens is 459 g/mol. The van der Waals surface area contributed by atoms with Crippen LogP contribution < -0.4 is 4.74 Å². The molecule has 2 aromatic carbocycles. The number of nitrogens with zero attached hydrogens (tertiary/aromatic N) is 5. The molecule has 3 heterocycles. The predicted octanol–water partition coefficient (Wildman–Crippen LogP) is 4.85. The van der Waals surface area contributed by atoms with Gasteiger partial charge in [0.2, 0.25) is 0 Å². The normalized spacial score (nSPS) is 15.2. The first kappa shape index (κ1) is 22.6. The Hall–Kier alpha value is -4.18.